The number of hydrogen-bond donors (Lipinski definition) is 0. The van der Waals surface area contributed by atoms with E-state index in [2.05, 4.69) is 0 Å². The Hall–Kier alpha value is -2.70. The number of para-hydroxylation sites is 1. The molecule has 1 heterocycles. The molecule has 0 atom stereocenters. The molecule has 0 N–H and O–H groups in total. The summed E-state index contributed by atoms with van der Waals surface area (Å²) in [4.78, 5) is 30.0. The second kappa shape index (κ2) is 7.25. The normalized spacial score (nSPS) is 16.1. The molecule has 0 bridgehead atoms. The quantitative estimate of drug-likeness (QED) is 0.590. The predicted octanol–water partition coefficient (Wildman–Crippen LogP) is 2.29. The van der Waals surface area contributed by atoms with Crippen LogP contribution in [0.3, 0.4) is 0 Å². The van der Waals surface area contributed by atoms with Gasteiger partial charge in [0.1, 0.15) is 22.9 Å². The Kier molecular flexibility index (Phi) is 5.33. The van der Waals surface area contributed by atoms with Crippen LogP contribution in [0.1, 0.15) is 13.8 Å². The van der Waals surface area contributed by atoms with Crippen molar-refractivity contribution in [1.29, 1.82) is 0 Å². The Bertz CT molecular complexity index is 646. The van der Waals surface area contributed by atoms with Gasteiger partial charge in [0.2, 0.25) is 0 Å². The van der Waals surface area contributed by atoms with Crippen LogP contribution in [0.4, 0.5) is 10.5 Å². The molecule has 7 nitrogen and oxygen atoms in total. The summed E-state index contributed by atoms with van der Waals surface area (Å²) in [6.07, 6.45) is 1.71. The summed E-state index contributed by atoms with van der Waals surface area (Å²) in [6.45, 7) is 5.46. The van der Waals surface area contributed by atoms with Crippen LogP contribution in [0.15, 0.2) is 30.1 Å². The Morgan fingerprint density at radius 1 is 1.08 bits per heavy atom. The third-order valence-corrected chi connectivity index (χ3v) is 4.00. The molecule has 0 unspecified atom stereocenters. The molecule has 0 aliphatic carbocycles. The Labute approximate surface area is 142 Å². The van der Waals surface area contributed by atoms with E-state index in [0.29, 0.717) is 22.9 Å². The van der Waals surface area contributed by atoms with E-state index >= 15 is 0 Å². The van der Waals surface area contributed by atoms with Gasteiger partial charge in [-0.05, 0) is 26.0 Å². The smallest absolute Gasteiger partial charge is 0.336 e. The molecule has 7 heteroatoms. The fraction of sp³-hybridized carbons (Fsp3) is 0.412. The Morgan fingerprint density at radius 3 is 2.08 bits per heavy atom. The van der Waals surface area contributed by atoms with E-state index in [0.717, 1.165) is 18.0 Å². The van der Waals surface area contributed by atoms with Gasteiger partial charge in [-0.3, -0.25) is 9.69 Å². The lowest BCUT2D eigenvalue weighted by molar-refractivity contribution is -0.114. The minimum absolute atomic E-state index is 0.312. The zero-order chi connectivity index (χ0) is 17.9. The third-order valence-electron chi connectivity index (χ3n) is 4.00. The molecular weight excluding hydrogens is 310 g/mol. The van der Waals surface area contributed by atoms with Crippen LogP contribution in [0.25, 0.3) is 0 Å². The fourth-order valence-corrected chi connectivity index (χ4v) is 2.57. The molecule has 2 rings (SSSR count). The van der Waals surface area contributed by atoms with Crippen LogP contribution in [0, 0.1) is 0 Å². The maximum Gasteiger partial charge on any atom is 0.336 e. The van der Waals surface area contributed by atoms with Gasteiger partial charge >= 0.3 is 6.03 Å². The average molecular weight is 333 g/mol. The van der Waals surface area contributed by atoms with Crippen molar-refractivity contribution >= 4 is 17.6 Å². The molecule has 1 aliphatic heterocycles. The van der Waals surface area contributed by atoms with Gasteiger partial charge in [-0.25, -0.2) is 9.69 Å². The molecule has 0 aromatic heterocycles. The highest BCUT2D eigenvalue weighted by Crippen LogP contribution is 2.41. The first kappa shape index (κ1) is 17.7. The number of anilines is 1. The number of urea groups is 1. The zero-order valence-electron chi connectivity index (χ0n) is 14.7. The lowest BCUT2D eigenvalue weighted by atomic mass is 10.2. The summed E-state index contributed by atoms with van der Waals surface area (Å²) in [6, 6.07) is 4.67. The molecule has 130 valence electrons. The minimum Gasteiger partial charge on any atom is -0.494 e. The standard InChI is InChI=1S/C17H23N3O4/c1-6-19(7-2)11-12-16(21)20(17(22)18(12)3)15-13(23-4)9-8-10-14(15)24-5/h8-11H,6-7H2,1-5H3/b12-11-. The fourth-order valence-electron chi connectivity index (χ4n) is 2.57. The van der Waals surface area contributed by atoms with Gasteiger partial charge in [-0.2, -0.15) is 0 Å². The van der Waals surface area contributed by atoms with Crippen molar-refractivity contribution in [3.05, 3.63) is 30.1 Å². The molecule has 1 fully saturated rings. The molecule has 0 spiro atoms. The number of benzene rings is 1. The third kappa shape index (κ3) is 2.89. The number of carbonyl (C=O) groups excluding carboxylic acids is 2. The van der Waals surface area contributed by atoms with Crippen LogP contribution in [0.2, 0.25) is 0 Å². The van der Waals surface area contributed by atoms with Gasteiger partial charge in [-0.15, -0.1) is 0 Å². The molecule has 0 radical (unpaired) electrons. The van der Waals surface area contributed by atoms with Crippen molar-refractivity contribution in [2.45, 2.75) is 13.8 Å². The second-order valence-corrected chi connectivity index (χ2v) is 5.23. The summed E-state index contributed by atoms with van der Waals surface area (Å²) in [5.74, 6) is 0.388. The average Bonchev–Trinajstić information content (AvgIpc) is 2.81. The first-order valence-corrected chi connectivity index (χ1v) is 7.79. The van der Waals surface area contributed by atoms with E-state index in [4.69, 9.17) is 9.47 Å². The molecule has 1 aromatic rings. The minimum atomic E-state index is -0.443. The number of hydrogen-bond acceptors (Lipinski definition) is 5. The summed E-state index contributed by atoms with van der Waals surface area (Å²) in [5, 5.41) is 0. The highest BCUT2D eigenvalue weighted by molar-refractivity contribution is 6.27. The highest BCUT2D eigenvalue weighted by Gasteiger charge is 2.42. The SMILES string of the molecule is CCN(/C=C1/C(=O)N(c2c(OC)cccc2OC)C(=O)N1C)CC. The van der Waals surface area contributed by atoms with E-state index in [-0.39, 0.29) is 0 Å². The monoisotopic (exact) mass is 333 g/mol. The van der Waals surface area contributed by atoms with E-state index in [9.17, 15) is 9.59 Å². The van der Waals surface area contributed by atoms with Gasteiger partial charge in [0, 0.05) is 26.3 Å². The molecular formula is C17H23N3O4. The largest absolute Gasteiger partial charge is 0.494 e. The van der Waals surface area contributed by atoms with Crippen molar-refractivity contribution in [2.24, 2.45) is 0 Å². The molecule has 3 amide bonds. The molecule has 1 aromatic carbocycles. The van der Waals surface area contributed by atoms with E-state index in [1.807, 2.05) is 18.7 Å². The van der Waals surface area contributed by atoms with Gasteiger partial charge in [0.15, 0.2) is 0 Å². The van der Waals surface area contributed by atoms with E-state index < -0.39 is 11.9 Å². The van der Waals surface area contributed by atoms with E-state index in [1.165, 1.54) is 19.1 Å². The Balaban J connectivity index is 2.54. The summed E-state index contributed by atoms with van der Waals surface area (Å²) in [5.41, 5.74) is 0.629. The maximum absolute atomic E-state index is 12.9. The van der Waals surface area contributed by atoms with Crippen LogP contribution in [0.5, 0.6) is 11.5 Å². The van der Waals surface area contributed by atoms with Crippen LogP contribution >= 0.6 is 0 Å². The topological polar surface area (TPSA) is 62.3 Å². The van der Waals surface area contributed by atoms with Crippen molar-refractivity contribution in [3.63, 3.8) is 0 Å². The zero-order valence-corrected chi connectivity index (χ0v) is 14.7. The van der Waals surface area contributed by atoms with Gasteiger partial charge in [0.25, 0.3) is 5.91 Å². The molecule has 0 saturated carbocycles. The first-order chi connectivity index (χ1) is 11.5. The van der Waals surface area contributed by atoms with Crippen LogP contribution in [-0.2, 0) is 4.79 Å². The number of amides is 3. The number of likely N-dealkylation sites (N-methyl/N-ethyl adjacent to an activating group) is 1. The molecule has 24 heavy (non-hydrogen) atoms. The van der Waals surface area contributed by atoms with Gasteiger partial charge < -0.3 is 14.4 Å². The lowest BCUT2D eigenvalue weighted by Crippen LogP contribution is -2.32. The van der Waals surface area contributed by atoms with Crippen molar-refractivity contribution in [3.8, 4) is 11.5 Å². The maximum atomic E-state index is 12.9. The van der Waals surface area contributed by atoms with Crippen molar-refractivity contribution in [2.75, 3.05) is 39.3 Å². The predicted molar refractivity (Wildman–Crippen MR) is 91.2 cm³/mol. The van der Waals surface area contributed by atoms with Gasteiger partial charge in [-0.1, -0.05) is 6.07 Å². The number of imide groups is 1. The Morgan fingerprint density at radius 2 is 1.62 bits per heavy atom. The molecule has 1 aliphatic rings. The number of nitrogens with zero attached hydrogens (tertiary/aromatic N) is 3. The molecule has 1 saturated heterocycles. The first-order valence-electron chi connectivity index (χ1n) is 7.79. The summed E-state index contributed by atoms with van der Waals surface area (Å²) in [7, 11) is 4.55. The summed E-state index contributed by atoms with van der Waals surface area (Å²) < 4.78 is 10.6. The number of ether oxygens (including phenoxy) is 2. The van der Waals surface area contributed by atoms with Crippen molar-refractivity contribution in [1.82, 2.24) is 9.80 Å². The lowest BCUT2D eigenvalue weighted by Gasteiger charge is -2.19. The summed E-state index contributed by atoms with van der Waals surface area (Å²) >= 11 is 0. The number of rotatable bonds is 6. The van der Waals surface area contributed by atoms with Crippen molar-refractivity contribution < 1.29 is 19.1 Å². The number of methoxy groups -OCH3 is 2. The van der Waals surface area contributed by atoms with Gasteiger partial charge in [0.05, 0.1) is 14.2 Å². The second-order valence-electron chi connectivity index (χ2n) is 5.23. The highest BCUT2D eigenvalue weighted by atomic mass is 16.5. The van der Waals surface area contributed by atoms with Crippen LogP contribution < -0.4 is 14.4 Å². The van der Waals surface area contributed by atoms with Crippen LogP contribution in [-0.4, -0.2) is 56.1 Å². The van der Waals surface area contributed by atoms with E-state index in [1.54, 1.807) is 31.4 Å². The number of carbonyl (C=O) groups is 2.